The first-order valence-electron chi connectivity index (χ1n) is 8.09. The van der Waals surface area contributed by atoms with Crippen LogP contribution in [0.15, 0.2) is 18.2 Å². The van der Waals surface area contributed by atoms with Crippen LogP contribution in [-0.4, -0.2) is 52.6 Å². The standard InChI is InChI=1S/C17H26N2O5.ClH/c1-21-9-10-24-15-11-13(3-4-14(15)22-2)19-17(20)16(18)12-5-7-23-8-6-12;/h3-4,11-12,16H,5-10,18H2,1-2H3,(H,19,20);1H. The average Bonchev–Trinajstić information content (AvgIpc) is 2.62. The Morgan fingerprint density at radius 2 is 2.00 bits per heavy atom. The zero-order valence-corrected chi connectivity index (χ0v) is 15.5. The quantitative estimate of drug-likeness (QED) is 0.674. The summed E-state index contributed by atoms with van der Waals surface area (Å²) >= 11 is 0. The van der Waals surface area contributed by atoms with Gasteiger partial charge < -0.3 is 30.0 Å². The van der Waals surface area contributed by atoms with Crippen LogP contribution >= 0.6 is 12.4 Å². The highest BCUT2D eigenvalue weighted by molar-refractivity contribution is 5.95. The van der Waals surface area contributed by atoms with Gasteiger partial charge in [0.2, 0.25) is 5.91 Å². The Balaban J connectivity index is 0.00000312. The maximum absolute atomic E-state index is 12.4. The maximum atomic E-state index is 12.4. The summed E-state index contributed by atoms with van der Waals surface area (Å²) in [4.78, 5) is 12.4. The zero-order valence-electron chi connectivity index (χ0n) is 14.7. The first-order chi connectivity index (χ1) is 11.7. The molecule has 1 aliphatic heterocycles. The molecule has 0 aromatic heterocycles. The lowest BCUT2D eigenvalue weighted by Gasteiger charge is -2.26. The van der Waals surface area contributed by atoms with Crippen molar-refractivity contribution in [3.63, 3.8) is 0 Å². The van der Waals surface area contributed by atoms with Crippen molar-refractivity contribution in [2.75, 3.05) is 46.0 Å². The minimum Gasteiger partial charge on any atom is -0.493 e. The Morgan fingerprint density at radius 1 is 1.28 bits per heavy atom. The van der Waals surface area contributed by atoms with Crippen molar-refractivity contribution in [2.24, 2.45) is 11.7 Å². The van der Waals surface area contributed by atoms with Gasteiger partial charge >= 0.3 is 0 Å². The van der Waals surface area contributed by atoms with Crippen molar-refractivity contribution in [1.82, 2.24) is 0 Å². The van der Waals surface area contributed by atoms with Crippen LogP contribution in [0.2, 0.25) is 0 Å². The Labute approximate surface area is 154 Å². The second-order valence-electron chi connectivity index (χ2n) is 5.67. The highest BCUT2D eigenvalue weighted by Crippen LogP contribution is 2.30. The number of amides is 1. The number of benzene rings is 1. The van der Waals surface area contributed by atoms with Crippen LogP contribution in [0.4, 0.5) is 5.69 Å². The Hall–Kier alpha value is -1.54. The molecule has 25 heavy (non-hydrogen) atoms. The van der Waals surface area contributed by atoms with Crippen molar-refractivity contribution < 1.29 is 23.7 Å². The van der Waals surface area contributed by atoms with Gasteiger partial charge in [-0.3, -0.25) is 4.79 Å². The van der Waals surface area contributed by atoms with Crippen molar-refractivity contribution >= 4 is 24.0 Å². The zero-order chi connectivity index (χ0) is 17.4. The molecule has 8 heteroatoms. The minimum atomic E-state index is -0.547. The van der Waals surface area contributed by atoms with Gasteiger partial charge in [-0.15, -0.1) is 12.4 Å². The smallest absolute Gasteiger partial charge is 0.241 e. The lowest BCUT2D eigenvalue weighted by Crippen LogP contribution is -2.44. The second-order valence-corrected chi connectivity index (χ2v) is 5.67. The first-order valence-corrected chi connectivity index (χ1v) is 8.09. The van der Waals surface area contributed by atoms with Crippen molar-refractivity contribution in [3.8, 4) is 11.5 Å². The predicted octanol–water partition coefficient (Wildman–Crippen LogP) is 1.83. The van der Waals surface area contributed by atoms with Crippen LogP contribution in [0.25, 0.3) is 0 Å². The molecule has 0 saturated carbocycles. The largest absolute Gasteiger partial charge is 0.493 e. The molecule has 0 spiro atoms. The number of anilines is 1. The third-order valence-corrected chi connectivity index (χ3v) is 4.05. The van der Waals surface area contributed by atoms with E-state index >= 15 is 0 Å². The van der Waals surface area contributed by atoms with E-state index in [0.717, 1.165) is 12.8 Å². The summed E-state index contributed by atoms with van der Waals surface area (Å²) in [5.41, 5.74) is 6.71. The number of hydrogen-bond acceptors (Lipinski definition) is 6. The number of carbonyl (C=O) groups excluding carboxylic acids is 1. The van der Waals surface area contributed by atoms with Crippen LogP contribution in [0.1, 0.15) is 12.8 Å². The van der Waals surface area contributed by atoms with E-state index in [4.69, 9.17) is 24.7 Å². The number of methoxy groups -OCH3 is 2. The van der Waals surface area contributed by atoms with Crippen LogP contribution < -0.4 is 20.5 Å². The fraction of sp³-hybridized carbons (Fsp3) is 0.588. The Bertz CT molecular complexity index is 538. The molecule has 1 aromatic rings. The van der Waals surface area contributed by atoms with Gasteiger partial charge in [0.15, 0.2) is 11.5 Å². The maximum Gasteiger partial charge on any atom is 0.241 e. The van der Waals surface area contributed by atoms with Gasteiger partial charge in [0, 0.05) is 32.1 Å². The SMILES string of the molecule is COCCOc1cc(NC(=O)C(N)C2CCOCC2)ccc1OC.Cl. The van der Waals surface area contributed by atoms with Crippen molar-refractivity contribution in [1.29, 1.82) is 0 Å². The molecule has 0 aliphatic carbocycles. The van der Waals surface area contributed by atoms with Crippen LogP contribution in [0, 0.1) is 5.92 Å². The average molecular weight is 375 g/mol. The third kappa shape index (κ3) is 6.36. The molecule has 142 valence electrons. The van der Waals surface area contributed by atoms with E-state index < -0.39 is 6.04 Å². The summed E-state index contributed by atoms with van der Waals surface area (Å²) < 4.78 is 21.2. The van der Waals surface area contributed by atoms with Gasteiger partial charge in [0.25, 0.3) is 0 Å². The molecule has 1 amide bonds. The molecule has 0 radical (unpaired) electrons. The summed E-state index contributed by atoms with van der Waals surface area (Å²) in [6.45, 7) is 2.18. The Morgan fingerprint density at radius 3 is 2.64 bits per heavy atom. The highest BCUT2D eigenvalue weighted by Gasteiger charge is 2.26. The topological polar surface area (TPSA) is 92.0 Å². The summed E-state index contributed by atoms with van der Waals surface area (Å²) in [7, 11) is 3.17. The molecule has 3 N–H and O–H groups in total. The normalized spacial score (nSPS) is 15.8. The fourth-order valence-electron chi connectivity index (χ4n) is 2.62. The predicted molar refractivity (Wildman–Crippen MR) is 97.8 cm³/mol. The monoisotopic (exact) mass is 374 g/mol. The third-order valence-electron chi connectivity index (χ3n) is 4.05. The molecule has 2 rings (SSSR count). The van der Waals surface area contributed by atoms with Gasteiger partial charge in [-0.25, -0.2) is 0 Å². The number of nitrogens with two attached hydrogens (primary N) is 1. The van der Waals surface area contributed by atoms with Crippen molar-refractivity contribution in [2.45, 2.75) is 18.9 Å². The number of rotatable bonds is 8. The molecular formula is C17H27ClN2O5. The molecule has 1 atom stereocenters. The van der Waals surface area contributed by atoms with Gasteiger partial charge in [0.1, 0.15) is 6.61 Å². The molecule has 1 aliphatic rings. The lowest BCUT2D eigenvalue weighted by molar-refractivity contribution is -0.119. The van der Waals surface area contributed by atoms with Gasteiger partial charge in [-0.2, -0.15) is 0 Å². The summed E-state index contributed by atoms with van der Waals surface area (Å²) in [6.07, 6.45) is 1.62. The van der Waals surface area contributed by atoms with E-state index in [1.807, 2.05) is 0 Å². The van der Waals surface area contributed by atoms with Crippen LogP contribution in [0.3, 0.4) is 0 Å². The molecule has 0 bridgehead atoms. The van der Waals surface area contributed by atoms with Gasteiger partial charge in [0.05, 0.1) is 19.8 Å². The van der Waals surface area contributed by atoms with E-state index in [1.165, 1.54) is 0 Å². The molecule has 1 fully saturated rings. The first kappa shape index (κ1) is 21.5. The van der Waals surface area contributed by atoms with Crippen LogP contribution in [-0.2, 0) is 14.3 Å². The number of carbonyl (C=O) groups is 1. The number of nitrogens with one attached hydrogen (secondary N) is 1. The van der Waals surface area contributed by atoms with Gasteiger partial charge in [-0.1, -0.05) is 0 Å². The molecule has 1 heterocycles. The summed E-state index contributed by atoms with van der Waals surface area (Å²) in [5.74, 6) is 1.09. The molecule has 1 unspecified atom stereocenters. The van der Waals surface area contributed by atoms with Gasteiger partial charge in [-0.05, 0) is 30.9 Å². The van der Waals surface area contributed by atoms with E-state index in [-0.39, 0.29) is 24.2 Å². The van der Waals surface area contributed by atoms with Crippen molar-refractivity contribution in [3.05, 3.63) is 18.2 Å². The summed E-state index contributed by atoms with van der Waals surface area (Å²) in [6, 6.07) is 4.69. The molecule has 1 aromatic carbocycles. The van der Waals surface area contributed by atoms with E-state index in [1.54, 1.807) is 32.4 Å². The summed E-state index contributed by atoms with van der Waals surface area (Å²) in [5, 5.41) is 2.85. The molecule has 7 nitrogen and oxygen atoms in total. The van der Waals surface area contributed by atoms with E-state index in [0.29, 0.717) is 43.6 Å². The van der Waals surface area contributed by atoms with E-state index in [2.05, 4.69) is 5.32 Å². The lowest BCUT2D eigenvalue weighted by atomic mass is 9.92. The number of ether oxygens (including phenoxy) is 4. The molecule has 1 saturated heterocycles. The Kier molecular flexibility index (Phi) is 9.59. The fourth-order valence-corrected chi connectivity index (χ4v) is 2.62. The molecular weight excluding hydrogens is 348 g/mol. The highest BCUT2D eigenvalue weighted by atomic mass is 35.5. The number of halogens is 1. The van der Waals surface area contributed by atoms with Crippen LogP contribution in [0.5, 0.6) is 11.5 Å². The second kappa shape index (κ2) is 11.1. The van der Waals surface area contributed by atoms with E-state index in [9.17, 15) is 4.79 Å². The minimum absolute atomic E-state index is 0. The number of hydrogen-bond donors (Lipinski definition) is 2.